The van der Waals surface area contributed by atoms with Crippen LogP contribution in [0.3, 0.4) is 0 Å². The quantitative estimate of drug-likeness (QED) is 0.411. The summed E-state index contributed by atoms with van der Waals surface area (Å²) in [4.78, 5) is 0. The van der Waals surface area contributed by atoms with E-state index in [4.69, 9.17) is 9.47 Å². The third kappa shape index (κ3) is 4.54. The van der Waals surface area contributed by atoms with Crippen LogP contribution < -0.4 is 4.74 Å². The lowest BCUT2D eigenvalue weighted by atomic mass is 10.0. The number of benzene rings is 2. The second-order valence-electron chi connectivity index (χ2n) is 6.80. The van der Waals surface area contributed by atoms with Gasteiger partial charge in [-0.15, -0.1) is 0 Å². The largest absolute Gasteiger partial charge is 0.429 e. The van der Waals surface area contributed by atoms with E-state index in [9.17, 15) is 30.7 Å². The molecule has 0 atom stereocenters. The Morgan fingerprint density at radius 3 is 2.10 bits per heavy atom. The lowest BCUT2D eigenvalue weighted by Crippen LogP contribution is -2.28. The lowest BCUT2D eigenvalue weighted by molar-refractivity contribution is -0.207. The van der Waals surface area contributed by atoms with Crippen molar-refractivity contribution in [3.8, 4) is 5.75 Å². The van der Waals surface area contributed by atoms with Gasteiger partial charge in [-0.05, 0) is 12.5 Å². The number of rotatable bonds is 6. The number of hydrogen-bond donors (Lipinski definition) is 0. The van der Waals surface area contributed by atoms with Crippen molar-refractivity contribution in [2.75, 3.05) is 13.2 Å². The fourth-order valence-electron chi connectivity index (χ4n) is 3.06. The van der Waals surface area contributed by atoms with E-state index in [1.807, 2.05) is 6.92 Å². The number of halogens is 7. The Bertz CT molecular complexity index is 889. The Hall–Kier alpha value is -2.33. The van der Waals surface area contributed by atoms with E-state index in [1.54, 1.807) is 0 Å². The highest BCUT2D eigenvalue weighted by Gasteiger charge is 2.40. The second-order valence-corrected chi connectivity index (χ2v) is 6.80. The van der Waals surface area contributed by atoms with Gasteiger partial charge in [0.15, 0.2) is 35.4 Å². The normalized spacial score (nSPS) is 19.7. The summed E-state index contributed by atoms with van der Waals surface area (Å²) in [5.41, 5.74) is -1.94. The number of ether oxygens (including phenoxy) is 3. The molecule has 3 nitrogen and oxygen atoms in total. The van der Waals surface area contributed by atoms with Gasteiger partial charge in [0, 0.05) is 23.6 Å². The molecule has 0 bridgehead atoms. The maximum absolute atomic E-state index is 14.4. The number of alkyl halides is 2. The van der Waals surface area contributed by atoms with Crippen LogP contribution in [0.4, 0.5) is 30.7 Å². The van der Waals surface area contributed by atoms with Crippen molar-refractivity contribution in [1.29, 1.82) is 0 Å². The third-order valence-corrected chi connectivity index (χ3v) is 4.55. The Labute approximate surface area is 167 Å². The van der Waals surface area contributed by atoms with Gasteiger partial charge in [-0.3, -0.25) is 0 Å². The molecule has 3 rings (SSSR count). The molecule has 1 heterocycles. The molecule has 1 saturated heterocycles. The highest BCUT2D eigenvalue weighted by Crippen LogP contribution is 2.37. The van der Waals surface area contributed by atoms with Crippen LogP contribution in [0.2, 0.25) is 0 Å². The van der Waals surface area contributed by atoms with Gasteiger partial charge in [0.2, 0.25) is 0 Å². The molecule has 1 aliphatic rings. The molecule has 164 valence electrons. The topological polar surface area (TPSA) is 27.7 Å². The molecule has 0 aliphatic carbocycles. The van der Waals surface area contributed by atoms with Crippen LogP contribution in [0.1, 0.15) is 37.2 Å². The van der Waals surface area contributed by atoms with E-state index >= 15 is 0 Å². The van der Waals surface area contributed by atoms with Crippen LogP contribution in [-0.4, -0.2) is 13.2 Å². The molecule has 2 aromatic carbocycles. The molecular formula is C20H17F7O3. The molecule has 0 radical (unpaired) electrons. The fourth-order valence-corrected chi connectivity index (χ4v) is 3.06. The molecule has 2 aromatic rings. The smallest absolute Gasteiger partial charge is 0.429 e. The minimum absolute atomic E-state index is 0.0904. The SMILES string of the molecule is CCCC1COC(c2ccc(C(F)(F)Oc3cc(F)c(F)c(F)c3)c(F)c2F)OC1. The van der Waals surface area contributed by atoms with Crippen LogP contribution >= 0.6 is 0 Å². The predicted molar refractivity (Wildman–Crippen MR) is 90.2 cm³/mol. The van der Waals surface area contributed by atoms with E-state index in [-0.39, 0.29) is 31.3 Å². The van der Waals surface area contributed by atoms with Crippen LogP contribution in [0.15, 0.2) is 24.3 Å². The minimum Gasteiger partial charge on any atom is -0.429 e. The van der Waals surface area contributed by atoms with Crippen molar-refractivity contribution < 1.29 is 44.9 Å². The number of hydrogen-bond acceptors (Lipinski definition) is 3. The predicted octanol–water partition coefficient (Wildman–Crippen LogP) is 5.97. The van der Waals surface area contributed by atoms with Gasteiger partial charge >= 0.3 is 6.11 Å². The van der Waals surface area contributed by atoms with Crippen molar-refractivity contribution in [2.45, 2.75) is 32.2 Å². The molecule has 0 saturated carbocycles. The molecule has 30 heavy (non-hydrogen) atoms. The molecule has 1 aliphatic heterocycles. The zero-order valence-corrected chi connectivity index (χ0v) is 15.7. The second kappa shape index (κ2) is 8.81. The summed E-state index contributed by atoms with van der Waals surface area (Å²) >= 11 is 0. The first-order chi connectivity index (χ1) is 14.1. The van der Waals surface area contributed by atoms with Crippen LogP contribution in [0, 0.1) is 35.0 Å². The summed E-state index contributed by atoms with van der Waals surface area (Å²) in [7, 11) is 0. The molecule has 0 spiro atoms. The summed E-state index contributed by atoms with van der Waals surface area (Å²) in [5, 5.41) is 0. The Morgan fingerprint density at radius 2 is 1.53 bits per heavy atom. The average molecular weight is 438 g/mol. The van der Waals surface area contributed by atoms with E-state index in [0.717, 1.165) is 18.9 Å². The average Bonchev–Trinajstić information content (AvgIpc) is 2.68. The highest BCUT2D eigenvalue weighted by molar-refractivity contribution is 5.31. The molecule has 0 unspecified atom stereocenters. The van der Waals surface area contributed by atoms with Gasteiger partial charge in [-0.1, -0.05) is 19.4 Å². The van der Waals surface area contributed by atoms with E-state index in [2.05, 4.69) is 4.74 Å². The van der Waals surface area contributed by atoms with Crippen molar-refractivity contribution in [3.05, 3.63) is 64.5 Å². The molecule has 0 N–H and O–H groups in total. The Balaban J connectivity index is 1.82. The maximum Gasteiger partial charge on any atom is 0.429 e. The summed E-state index contributed by atoms with van der Waals surface area (Å²) in [6, 6.07) is 1.72. The van der Waals surface area contributed by atoms with E-state index < -0.39 is 58.4 Å². The van der Waals surface area contributed by atoms with Gasteiger partial charge < -0.3 is 14.2 Å². The Morgan fingerprint density at radius 1 is 0.933 bits per heavy atom. The zero-order valence-electron chi connectivity index (χ0n) is 15.7. The summed E-state index contributed by atoms with van der Waals surface area (Å²) in [6.07, 6.45) is -4.08. The van der Waals surface area contributed by atoms with Crippen LogP contribution in [0.25, 0.3) is 0 Å². The summed E-state index contributed by atoms with van der Waals surface area (Å²) < 4.78 is 112. The molecule has 0 aromatic heterocycles. The molecule has 0 amide bonds. The monoisotopic (exact) mass is 438 g/mol. The van der Waals surface area contributed by atoms with Crippen molar-refractivity contribution >= 4 is 0 Å². The highest BCUT2D eigenvalue weighted by atomic mass is 19.3. The van der Waals surface area contributed by atoms with E-state index in [0.29, 0.717) is 6.07 Å². The zero-order chi connectivity index (χ0) is 22.1. The van der Waals surface area contributed by atoms with Crippen molar-refractivity contribution in [3.63, 3.8) is 0 Å². The maximum atomic E-state index is 14.4. The van der Waals surface area contributed by atoms with Crippen LogP contribution in [0.5, 0.6) is 5.75 Å². The standard InChI is InChI=1S/C20H17F7O3/c1-2-3-10-8-28-19(29-9-10)12-4-5-13(17(24)16(12)23)20(26,27)30-11-6-14(21)18(25)15(22)7-11/h4-7,10,19H,2-3,8-9H2,1H3. The minimum atomic E-state index is -4.51. The van der Waals surface area contributed by atoms with Gasteiger partial charge in [-0.25, -0.2) is 22.0 Å². The van der Waals surface area contributed by atoms with Gasteiger partial charge in [0.1, 0.15) is 11.3 Å². The first-order valence-corrected chi connectivity index (χ1v) is 9.07. The van der Waals surface area contributed by atoms with Gasteiger partial charge in [0.25, 0.3) is 0 Å². The van der Waals surface area contributed by atoms with Crippen molar-refractivity contribution in [1.82, 2.24) is 0 Å². The molecule has 1 fully saturated rings. The summed E-state index contributed by atoms with van der Waals surface area (Å²) in [5.74, 6) is -10.0. The summed E-state index contributed by atoms with van der Waals surface area (Å²) in [6.45, 7) is 2.45. The fraction of sp³-hybridized carbons (Fsp3) is 0.400. The Kier molecular flexibility index (Phi) is 6.56. The van der Waals surface area contributed by atoms with Crippen molar-refractivity contribution in [2.24, 2.45) is 5.92 Å². The molecule has 10 heteroatoms. The molecular weight excluding hydrogens is 421 g/mol. The lowest BCUT2D eigenvalue weighted by Gasteiger charge is -2.30. The van der Waals surface area contributed by atoms with Crippen LogP contribution in [-0.2, 0) is 15.6 Å². The first kappa shape index (κ1) is 22.4. The third-order valence-electron chi connectivity index (χ3n) is 4.55. The van der Waals surface area contributed by atoms with Gasteiger partial charge in [0.05, 0.1) is 13.2 Å². The van der Waals surface area contributed by atoms with E-state index in [1.165, 1.54) is 0 Å². The van der Waals surface area contributed by atoms with Gasteiger partial charge in [-0.2, -0.15) is 8.78 Å². The first-order valence-electron chi connectivity index (χ1n) is 9.07.